The van der Waals surface area contributed by atoms with Gasteiger partial charge in [0.05, 0.1) is 17.2 Å². The largest absolute Gasteiger partial charge is 0.341 e. The molecule has 2 aromatic heterocycles. The summed E-state index contributed by atoms with van der Waals surface area (Å²) in [5.41, 5.74) is 7.65. The summed E-state index contributed by atoms with van der Waals surface area (Å²) in [6.07, 6.45) is 5.57. The van der Waals surface area contributed by atoms with Crippen LogP contribution in [0.1, 0.15) is 19.2 Å². The average molecular weight is 204 g/mol. The Morgan fingerprint density at radius 3 is 3.07 bits per heavy atom. The van der Waals surface area contributed by atoms with E-state index in [9.17, 15) is 0 Å². The number of hydrogen-bond donors (Lipinski definition) is 2. The van der Waals surface area contributed by atoms with Gasteiger partial charge in [-0.2, -0.15) is 0 Å². The molecule has 0 bridgehead atoms. The van der Waals surface area contributed by atoms with E-state index in [2.05, 4.69) is 21.9 Å². The van der Waals surface area contributed by atoms with Crippen molar-refractivity contribution < 1.29 is 0 Å². The second-order valence-corrected chi connectivity index (χ2v) is 3.79. The summed E-state index contributed by atoms with van der Waals surface area (Å²) in [7, 11) is 0. The number of H-pyrrole nitrogens is 1. The summed E-state index contributed by atoms with van der Waals surface area (Å²) in [5.74, 6) is 1.52. The molecule has 2 heterocycles. The standard InChI is InChI=1S/C11H16N4/c1-2-8(6-12)5-11-14-9-3-4-13-7-10(9)15-11/h3-4,7-8H,2,5-6,12H2,1H3,(H,14,15). The van der Waals surface area contributed by atoms with Crippen molar-refractivity contribution in [1.82, 2.24) is 15.0 Å². The fourth-order valence-corrected chi connectivity index (χ4v) is 1.67. The molecule has 0 fully saturated rings. The third-order valence-electron chi connectivity index (χ3n) is 2.73. The van der Waals surface area contributed by atoms with Crippen molar-refractivity contribution in [2.24, 2.45) is 11.7 Å². The first-order chi connectivity index (χ1) is 7.33. The predicted octanol–water partition coefficient (Wildman–Crippen LogP) is 1.49. The van der Waals surface area contributed by atoms with Crippen LogP contribution >= 0.6 is 0 Å². The zero-order valence-electron chi connectivity index (χ0n) is 8.90. The van der Waals surface area contributed by atoms with Crippen LogP contribution in [0.3, 0.4) is 0 Å². The Kier molecular flexibility index (Phi) is 2.97. The highest BCUT2D eigenvalue weighted by Crippen LogP contribution is 2.13. The van der Waals surface area contributed by atoms with Gasteiger partial charge in [-0.3, -0.25) is 4.98 Å². The summed E-state index contributed by atoms with van der Waals surface area (Å²) in [5, 5.41) is 0. The number of aromatic amines is 1. The van der Waals surface area contributed by atoms with Crippen LogP contribution in [0.25, 0.3) is 11.0 Å². The van der Waals surface area contributed by atoms with E-state index >= 15 is 0 Å². The minimum absolute atomic E-state index is 0.513. The highest BCUT2D eigenvalue weighted by molar-refractivity contribution is 5.73. The summed E-state index contributed by atoms with van der Waals surface area (Å²) >= 11 is 0. The Hall–Kier alpha value is -1.42. The van der Waals surface area contributed by atoms with Gasteiger partial charge >= 0.3 is 0 Å². The Balaban J connectivity index is 2.21. The van der Waals surface area contributed by atoms with Crippen LogP contribution in [-0.2, 0) is 6.42 Å². The van der Waals surface area contributed by atoms with E-state index in [1.165, 1.54) is 0 Å². The van der Waals surface area contributed by atoms with Crippen molar-refractivity contribution in [1.29, 1.82) is 0 Å². The van der Waals surface area contributed by atoms with Crippen LogP contribution in [0, 0.1) is 5.92 Å². The Morgan fingerprint density at radius 2 is 2.40 bits per heavy atom. The first-order valence-corrected chi connectivity index (χ1v) is 5.32. The quantitative estimate of drug-likeness (QED) is 0.792. The van der Waals surface area contributed by atoms with Gasteiger partial charge in [-0.15, -0.1) is 0 Å². The van der Waals surface area contributed by atoms with Gasteiger partial charge in [0.2, 0.25) is 0 Å². The number of rotatable bonds is 4. The van der Waals surface area contributed by atoms with Crippen molar-refractivity contribution in [2.45, 2.75) is 19.8 Å². The molecule has 0 aromatic carbocycles. The Morgan fingerprint density at radius 1 is 1.53 bits per heavy atom. The zero-order chi connectivity index (χ0) is 10.7. The topological polar surface area (TPSA) is 67.6 Å². The maximum absolute atomic E-state index is 5.67. The van der Waals surface area contributed by atoms with E-state index in [0.717, 1.165) is 29.7 Å². The molecule has 4 nitrogen and oxygen atoms in total. The van der Waals surface area contributed by atoms with Gasteiger partial charge in [-0.05, 0) is 18.5 Å². The molecule has 0 spiro atoms. The molecule has 0 amide bonds. The van der Waals surface area contributed by atoms with Crippen LogP contribution in [0.4, 0.5) is 0 Å². The molecule has 0 aliphatic carbocycles. The number of fused-ring (bicyclic) bond motifs is 1. The highest BCUT2D eigenvalue weighted by Gasteiger charge is 2.08. The van der Waals surface area contributed by atoms with Crippen molar-refractivity contribution in [2.75, 3.05) is 6.54 Å². The first-order valence-electron chi connectivity index (χ1n) is 5.32. The van der Waals surface area contributed by atoms with Crippen molar-refractivity contribution in [3.05, 3.63) is 24.3 Å². The van der Waals surface area contributed by atoms with Gasteiger partial charge < -0.3 is 10.7 Å². The molecule has 0 saturated carbocycles. The van der Waals surface area contributed by atoms with Crippen LogP contribution in [0.5, 0.6) is 0 Å². The summed E-state index contributed by atoms with van der Waals surface area (Å²) in [6.45, 7) is 2.87. The molecule has 0 aliphatic heterocycles. The van der Waals surface area contributed by atoms with E-state index in [1.807, 2.05) is 6.07 Å². The lowest BCUT2D eigenvalue weighted by atomic mass is 10.0. The van der Waals surface area contributed by atoms with E-state index in [0.29, 0.717) is 12.5 Å². The van der Waals surface area contributed by atoms with Crippen LogP contribution in [0.15, 0.2) is 18.5 Å². The van der Waals surface area contributed by atoms with E-state index < -0.39 is 0 Å². The summed E-state index contributed by atoms with van der Waals surface area (Å²) in [4.78, 5) is 11.8. The van der Waals surface area contributed by atoms with Crippen molar-refractivity contribution >= 4 is 11.0 Å². The number of pyridine rings is 1. The molecule has 4 heteroatoms. The molecule has 1 atom stereocenters. The van der Waals surface area contributed by atoms with Gasteiger partial charge in [-0.1, -0.05) is 13.3 Å². The minimum atomic E-state index is 0.513. The molecule has 0 saturated heterocycles. The van der Waals surface area contributed by atoms with Crippen molar-refractivity contribution in [3.63, 3.8) is 0 Å². The zero-order valence-corrected chi connectivity index (χ0v) is 8.90. The number of imidazole rings is 1. The van der Waals surface area contributed by atoms with Gasteiger partial charge in [-0.25, -0.2) is 4.98 Å². The van der Waals surface area contributed by atoms with Crippen LogP contribution in [-0.4, -0.2) is 21.5 Å². The molecule has 0 aliphatic rings. The predicted molar refractivity (Wildman–Crippen MR) is 60.4 cm³/mol. The van der Waals surface area contributed by atoms with Crippen molar-refractivity contribution in [3.8, 4) is 0 Å². The number of nitrogens with zero attached hydrogens (tertiary/aromatic N) is 2. The monoisotopic (exact) mass is 204 g/mol. The van der Waals surface area contributed by atoms with E-state index in [-0.39, 0.29) is 0 Å². The molecular weight excluding hydrogens is 188 g/mol. The lowest BCUT2D eigenvalue weighted by molar-refractivity contribution is 0.508. The van der Waals surface area contributed by atoms with Crippen LogP contribution < -0.4 is 5.73 Å². The third-order valence-corrected chi connectivity index (χ3v) is 2.73. The van der Waals surface area contributed by atoms with Gasteiger partial charge in [0.15, 0.2) is 0 Å². The smallest absolute Gasteiger partial charge is 0.107 e. The second-order valence-electron chi connectivity index (χ2n) is 3.79. The SMILES string of the molecule is CCC(CN)Cc1nc2ccncc2[nH]1. The molecule has 1 unspecified atom stereocenters. The third kappa shape index (κ3) is 2.15. The second kappa shape index (κ2) is 4.40. The first kappa shape index (κ1) is 10.1. The maximum atomic E-state index is 5.67. The fourth-order valence-electron chi connectivity index (χ4n) is 1.67. The van der Waals surface area contributed by atoms with E-state index in [1.54, 1.807) is 12.4 Å². The van der Waals surface area contributed by atoms with Crippen LogP contribution in [0.2, 0.25) is 0 Å². The molecular formula is C11H16N4. The van der Waals surface area contributed by atoms with Gasteiger partial charge in [0.25, 0.3) is 0 Å². The summed E-state index contributed by atoms with van der Waals surface area (Å²) in [6, 6.07) is 1.92. The lowest BCUT2D eigenvalue weighted by Gasteiger charge is -2.08. The highest BCUT2D eigenvalue weighted by atomic mass is 14.9. The minimum Gasteiger partial charge on any atom is -0.341 e. The van der Waals surface area contributed by atoms with Gasteiger partial charge in [0.1, 0.15) is 5.82 Å². The molecule has 3 N–H and O–H groups in total. The molecule has 0 radical (unpaired) electrons. The van der Waals surface area contributed by atoms with E-state index in [4.69, 9.17) is 5.73 Å². The summed E-state index contributed by atoms with van der Waals surface area (Å²) < 4.78 is 0. The Bertz CT molecular complexity index is 398. The number of nitrogens with one attached hydrogen (secondary N) is 1. The number of hydrogen-bond acceptors (Lipinski definition) is 3. The number of aromatic nitrogens is 3. The number of nitrogens with two attached hydrogens (primary N) is 1. The maximum Gasteiger partial charge on any atom is 0.107 e. The molecule has 80 valence electrons. The fraction of sp³-hybridized carbons (Fsp3) is 0.455. The normalized spacial score (nSPS) is 13.2. The molecule has 2 rings (SSSR count). The van der Waals surface area contributed by atoms with Gasteiger partial charge in [0, 0.05) is 12.6 Å². The lowest BCUT2D eigenvalue weighted by Crippen LogP contribution is -2.16. The average Bonchev–Trinajstić information content (AvgIpc) is 2.68. The Labute approximate surface area is 88.9 Å². The molecule has 15 heavy (non-hydrogen) atoms. The molecule has 2 aromatic rings.